The number of carbonyl (C=O) groups is 1. The van der Waals surface area contributed by atoms with Crippen molar-refractivity contribution < 1.29 is 9.72 Å². The molecule has 2 aliphatic heterocycles. The highest BCUT2D eigenvalue weighted by Crippen LogP contribution is 2.50. The van der Waals surface area contributed by atoms with Gasteiger partial charge in [-0.3, -0.25) is 14.9 Å². The van der Waals surface area contributed by atoms with E-state index in [9.17, 15) is 14.9 Å². The smallest absolute Gasteiger partial charge is 0.269 e. The number of hydrogen-bond donors (Lipinski definition) is 1. The zero-order valence-corrected chi connectivity index (χ0v) is 16.8. The van der Waals surface area contributed by atoms with Gasteiger partial charge >= 0.3 is 0 Å². The molecule has 0 spiro atoms. The van der Waals surface area contributed by atoms with Gasteiger partial charge in [0.05, 0.1) is 11.0 Å². The van der Waals surface area contributed by atoms with Crippen molar-refractivity contribution in [2.24, 2.45) is 5.92 Å². The Bertz CT molecular complexity index is 1030. The molecule has 0 aromatic heterocycles. The molecule has 5 rings (SSSR count). The molecule has 2 heterocycles. The summed E-state index contributed by atoms with van der Waals surface area (Å²) in [6, 6.07) is 12.9. The van der Waals surface area contributed by atoms with Crippen LogP contribution in [0.5, 0.6) is 0 Å². The number of amides is 1. The molecule has 1 saturated heterocycles. The fourth-order valence-electron chi connectivity index (χ4n) is 5.17. The minimum absolute atomic E-state index is 0.000969. The molecule has 0 radical (unpaired) electrons. The molecule has 30 heavy (non-hydrogen) atoms. The molecule has 1 amide bonds. The van der Waals surface area contributed by atoms with Gasteiger partial charge in [0, 0.05) is 42.4 Å². The van der Waals surface area contributed by atoms with Crippen LogP contribution < -0.4 is 5.32 Å². The molecule has 0 bridgehead atoms. The number of nitrogens with zero attached hydrogens (tertiary/aromatic N) is 2. The first kappa shape index (κ1) is 18.9. The predicted octanol–water partition coefficient (Wildman–Crippen LogP) is 5.05. The summed E-state index contributed by atoms with van der Waals surface area (Å²) in [5, 5.41) is 14.8. The number of nitrogens with one attached hydrogen (secondary N) is 1. The van der Waals surface area contributed by atoms with E-state index in [2.05, 4.69) is 23.5 Å². The second-order valence-electron chi connectivity index (χ2n) is 8.48. The Morgan fingerprint density at radius 3 is 2.73 bits per heavy atom. The number of rotatable bonds is 3. The van der Waals surface area contributed by atoms with Gasteiger partial charge in [-0.25, -0.2) is 0 Å². The van der Waals surface area contributed by atoms with Gasteiger partial charge in [-0.15, -0.1) is 0 Å². The summed E-state index contributed by atoms with van der Waals surface area (Å²) in [4.78, 5) is 25.8. The Hall–Kier alpha value is -3.15. The van der Waals surface area contributed by atoms with Crippen molar-refractivity contribution in [2.45, 2.75) is 37.6 Å². The Morgan fingerprint density at radius 1 is 1.10 bits per heavy atom. The van der Waals surface area contributed by atoms with E-state index in [1.807, 2.05) is 23.1 Å². The van der Waals surface area contributed by atoms with E-state index in [4.69, 9.17) is 0 Å². The summed E-state index contributed by atoms with van der Waals surface area (Å²) in [5.41, 5.74) is 3.96. The van der Waals surface area contributed by atoms with E-state index < -0.39 is 0 Å². The van der Waals surface area contributed by atoms with Crippen molar-refractivity contribution >= 4 is 17.3 Å². The molecule has 1 N–H and O–H groups in total. The summed E-state index contributed by atoms with van der Waals surface area (Å²) >= 11 is 0. The fraction of sp³-hybridized carbons (Fsp3) is 0.375. The van der Waals surface area contributed by atoms with Crippen molar-refractivity contribution in [2.75, 3.05) is 18.4 Å². The maximum Gasteiger partial charge on any atom is 0.269 e. The third-order valence-electron chi connectivity index (χ3n) is 6.69. The van der Waals surface area contributed by atoms with Crippen LogP contribution >= 0.6 is 0 Å². The molecule has 0 saturated carbocycles. The summed E-state index contributed by atoms with van der Waals surface area (Å²) in [5.74, 6) is 0.608. The minimum Gasteiger partial charge on any atom is -0.378 e. The van der Waals surface area contributed by atoms with Crippen LogP contribution in [0.4, 0.5) is 11.4 Å². The van der Waals surface area contributed by atoms with E-state index in [0.717, 1.165) is 54.7 Å². The number of non-ortho nitro benzene ring substituents is 1. The van der Waals surface area contributed by atoms with Crippen molar-refractivity contribution in [3.8, 4) is 0 Å². The average Bonchev–Trinajstić information content (AvgIpc) is 3.29. The van der Waals surface area contributed by atoms with Crippen LogP contribution in [-0.4, -0.2) is 28.8 Å². The van der Waals surface area contributed by atoms with Crippen LogP contribution in [0.2, 0.25) is 0 Å². The van der Waals surface area contributed by atoms with Gasteiger partial charge in [0.25, 0.3) is 11.6 Å². The second kappa shape index (κ2) is 7.59. The first-order valence-corrected chi connectivity index (χ1v) is 10.7. The molecule has 1 fully saturated rings. The van der Waals surface area contributed by atoms with E-state index in [0.29, 0.717) is 0 Å². The molecule has 3 aliphatic rings. The van der Waals surface area contributed by atoms with Crippen molar-refractivity contribution in [1.29, 1.82) is 0 Å². The lowest BCUT2D eigenvalue weighted by Gasteiger charge is -2.38. The molecule has 1 aliphatic carbocycles. The topological polar surface area (TPSA) is 75.5 Å². The molecule has 2 aromatic rings. The quantitative estimate of drug-likeness (QED) is 0.442. The zero-order valence-electron chi connectivity index (χ0n) is 16.8. The fourth-order valence-corrected chi connectivity index (χ4v) is 5.17. The lowest BCUT2D eigenvalue weighted by atomic mass is 9.76. The molecular weight excluding hydrogens is 378 g/mol. The Morgan fingerprint density at radius 2 is 1.93 bits per heavy atom. The highest BCUT2D eigenvalue weighted by Gasteiger charge is 2.38. The first-order valence-electron chi connectivity index (χ1n) is 10.7. The summed E-state index contributed by atoms with van der Waals surface area (Å²) in [7, 11) is 0. The molecule has 2 aromatic carbocycles. The number of piperidine rings is 1. The third kappa shape index (κ3) is 3.26. The Labute approximate surface area is 175 Å². The summed E-state index contributed by atoms with van der Waals surface area (Å²) in [6.45, 7) is 1.68. The SMILES string of the molecule is O=C(c1ccc2c(c1)[C@H]1C=CC[C@H]1[C@H](c1cccc([N+](=O)[O-])c1)N2)N1CCCCC1. The standard InChI is InChI=1S/C24H25N3O3/c28-24(26-12-2-1-3-13-26)17-10-11-22-21(15-17)19-8-5-9-20(19)23(25-22)16-6-4-7-18(14-16)27(29)30/h4-8,10-11,14-15,19-20,23,25H,1-3,9,12-13H2/t19-,20+,23-/m0/s1. The van der Waals surface area contributed by atoms with E-state index in [1.54, 1.807) is 12.1 Å². The van der Waals surface area contributed by atoms with Crippen LogP contribution in [0, 0.1) is 16.0 Å². The second-order valence-corrected chi connectivity index (χ2v) is 8.48. The number of benzene rings is 2. The highest BCUT2D eigenvalue weighted by atomic mass is 16.6. The number of nitro groups is 1. The van der Waals surface area contributed by atoms with Gasteiger partial charge in [-0.2, -0.15) is 0 Å². The molecule has 6 nitrogen and oxygen atoms in total. The number of nitro benzene ring substituents is 1. The Balaban J connectivity index is 1.47. The first-order chi connectivity index (χ1) is 14.6. The molecule has 3 atom stereocenters. The van der Waals surface area contributed by atoms with Gasteiger partial charge in [0.15, 0.2) is 0 Å². The number of hydrogen-bond acceptors (Lipinski definition) is 4. The summed E-state index contributed by atoms with van der Waals surface area (Å²) < 4.78 is 0. The summed E-state index contributed by atoms with van der Waals surface area (Å²) in [6.07, 6.45) is 8.69. The highest BCUT2D eigenvalue weighted by molar-refractivity contribution is 5.95. The van der Waals surface area contributed by atoms with Crippen LogP contribution in [-0.2, 0) is 0 Å². The maximum absolute atomic E-state index is 13.0. The molecule has 0 unspecified atom stereocenters. The maximum atomic E-state index is 13.0. The van der Waals surface area contributed by atoms with Gasteiger partial charge in [-0.05, 0) is 60.9 Å². The van der Waals surface area contributed by atoms with Crippen LogP contribution in [0.1, 0.15) is 59.1 Å². The molecule has 154 valence electrons. The van der Waals surface area contributed by atoms with E-state index in [1.165, 1.54) is 12.5 Å². The Kier molecular flexibility index (Phi) is 4.77. The number of fused-ring (bicyclic) bond motifs is 3. The van der Waals surface area contributed by atoms with E-state index in [-0.39, 0.29) is 34.4 Å². The average molecular weight is 403 g/mol. The number of anilines is 1. The third-order valence-corrected chi connectivity index (χ3v) is 6.69. The number of allylic oxidation sites excluding steroid dienone is 2. The lowest BCUT2D eigenvalue weighted by molar-refractivity contribution is -0.384. The molecule has 6 heteroatoms. The van der Waals surface area contributed by atoms with Crippen LogP contribution in [0.3, 0.4) is 0 Å². The van der Waals surface area contributed by atoms with Crippen molar-refractivity contribution in [3.05, 3.63) is 81.4 Å². The minimum atomic E-state index is -0.344. The normalized spacial score (nSPS) is 24.7. The van der Waals surface area contributed by atoms with E-state index >= 15 is 0 Å². The number of likely N-dealkylation sites (tertiary alicyclic amines) is 1. The lowest BCUT2D eigenvalue weighted by Crippen LogP contribution is -2.36. The molecular formula is C24H25N3O3. The van der Waals surface area contributed by atoms with Crippen LogP contribution in [0.25, 0.3) is 0 Å². The van der Waals surface area contributed by atoms with Crippen molar-refractivity contribution in [1.82, 2.24) is 4.90 Å². The van der Waals surface area contributed by atoms with Gasteiger partial charge in [0.2, 0.25) is 0 Å². The predicted molar refractivity (Wildman–Crippen MR) is 116 cm³/mol. The zero-order chi connectivity index (χ0) is 20.7. The monoisotopic (exact) mass is 403 g/mol. The van der Waals surface area contributed by atoms with Crippen LogP contribution in [0.15, 0.2) is 54.6 Å². The van der Waals surface area contributed by atoms with Gasteiger partial charge in [-0.1, -0.05) is 24.3 Å². The number of carbonyl (C=O) groups excluding carboxylic acids is 1. The van der Waals surface area contributed by atoms with Gasteiger partial charge < -0.3 is 10.2 Å². The van der Waals surface area contributed by atoms with Gasteiger partial charge in [0.1, 0.15) is 0 Å². The largest absolute Gasteiger partial charge is 0.378 e. The van der Waals surface area contributed by atoms with Crippen molar-refractivity contribution in [3.63, 3.8) is 0 Å².